The van der Waals surface area contributed by atoms with E-state index in [9.17, 15) is 48.7 Å². The second-order valence-electron chi connectivity index (χ2n) is 24.4. The van der Waals surface area contributed by atoms with Gasteiger partial charge in [0, 0.05) is 12.8 Å². The van der Waals surface area contributed by atoms with E-state index in [1.165, 1.54) is 5.06 Å². The van der Waals surface area contributed by atoms with Gasteiger partial charge in [-0.25, -0.2) is 24.8 Å². The van der Waals surface area contributed by atoms with Gasteiger partial charge in [-0.1, -0.05) is 163 Å². The van der Waals surface area contributed by atoms with Gasteiger partial charge in [0.1, 0.15) is 37.5 Å². The van der Waals surface area contributed by atoms with Gasteiger partial charge in [0.15, 0.2) is 0 Å². The molecule has 2 fully saturated rings. The van der Waals surface area contributed by atoms with Crippen molar-refractivity contribution in [1.82, 2.24) is 25.8 Å². The first-order valence-electron chi connectivity index (χ1n) is 31.2. The van der Waals surface area contributed by atoms with Crippen LogP contribution >= 0.6 is 0 Å². The van der Waals surface area contributed by atoms with Crippen molar-refractivity contribution in [3.8, 4) is 0 Å². The minimum absolute atomic E-state index is 0.0926. The third kappa shape index (κ3) is 26.1. The van der Waals surface area contributed by atoms with Crippen LogP contribution in [0.4, 0.5) is 0 Å². The van der Waals surface area contributed by atoms with E-state index in [1.54, 1.807) is 20.8 Å². The Hall–Kier alpha value is -7.48. The van der Waals surface area contributed by atoms with Crippen molar-refractivity contribution in [2.75, 3.05) is 0 Å². The summed E-state index contributed by atoms with van der Waals surface area (Å²) in [6.45, 7) is 17.5. The lowest BCUT2D eigenvalue weighted by Gasteiger charge is -2.32. The van der Waals surface area contributed by atoms with Gasteiger partial charge < -0.3 is 25.2 Å². The Kier molecular flexibility index (Phi) is 32.7. The fourth-order valence-corrected chi connectivity index (χ4v) is 10.8. The van der Waals surface area contributed by atoms with Gasteiger partial charge in [-0.05, 0) is 131 Å². The number of carbonyl (C=O) groups is 8. The predicted molar refractivity (Wildman–Crippen MR) is 334 cm³/mol. The van der Waals surface area contributed by atoms with Crippen LogP contribution in [-0.2, 0) is 83.6 Å². The second kappa shape index (κ2) is 39.4. The molecule has 4 aromatic rings. The highest BCUT2D eigenvalue weighted by Crippen LogP contribution is 2.27. The van der Waals surface area contributed by atoms with Crippen LogP contribution in [0, 0.1) is 35.5 Å². The number of carboxylic acids is 1. The molecule has 0 radical (unpaired) electrons. The topological polar surface area (TPSA) is 248 Å². The Morgan fingerprint density at radius 3 is 1.08 bits per heavy atom. The van der Waals surface area contributed by atoms with Crippen LogP contribution in [0.15, 0.2) is 121 Å². The lowest BCUT2D eigenvalue weighted by molar-refractivity contribution is -0.200. The molecule has 2 aliphatic rings. The van der Waals surface area contributed by atoms with Crippen molar-refractivity contribution in [1.29, 1.82) is 0 Å². The van der Waals surface area contributed by atoms with Gasteiger partial charge in [-0.15, -0.1) is 0 Å². The number of aliphatic carboxylic acids is 1. The van der Waals surface area contributed by atoms with Gasteiger partial charge in [-0.2, -0.15) is 0 Å². The van der Waals surface area contributed by atoms with E-state index in [-0.39, 0.29) is 55.0 Å². The summed E-state index contributed by atoms with van der Waals surface area (Å²) < 4.78 is 11.4. The van der Waals surface area contributed by atoms with Crippen molar-refractivity contribution in [3.05, 3.63) is 144 Å². The van der Waals surface area contributed by atoms with Crippen LogP contribution < -0.4 is 10.6 Å². The Bertz CT molecular complexity index is 2670. The van der Waals surface area contributed by atoms with Gasteiger partial charge in [0.2, 0.25) is 31.0 Å². The zero-order valence-corrected chi connectivity index (χ0v) is 53.0. The van der Waals surface area contributed by atoms with Gasteiger partial charge in [0.05, 0.1) is 35.9 Å². The summed E-state index contributed by atoms with van der Waals surface area (Å²) in [7, 11) is 0. The van der Waals surface area contributed by atoms with E-state index < -0.39 is 65.9 Å². The molecule has 3 unspecified atom stereocenters. The summed E-state index contributed by atoms with van der Waals surface area (Å²) in [5.41, 5.74) is 3.69. The van der Waals surface area contributed by atoms with Gasteiger partial charge in [-0.3, -0.25) is 43.6 Å². The first-order chi connectivity index (χ1) is 42.1. The molecule has 0 bridgehead atoms. The Balaban J connectivity index is 0.000000293. The fourth-order valence-electron chi connectivity index (χ4n) is 10.8. The molecule has 5 amide bonds. The number of carbonyl (C=O) groups excluding carboxylic acids is 7. The van der Waals surface area contributed by atoms with Crippen molar-refractivity contribution < 1.29 is 67.8 Å². The fraction of sp³-hybridized carbons (Fsp3) is 0.536. The molecule has 19 heteroatoms. The highest BCUT2D eigenvalue weighted by Gasteiger charge is 2.37. The maximum Gasteiger partial charge on any atom is 0.329 e. The van der Waals surface area contributed by atoms with Crippen LogP contribution in [0.1, 0.15) is 155 Å². The van der Waals surface area contributed by atoms with E-state index in [2.05, 4.69) is 10.6 Å². The number of nitrogens with zero attached hydrogens (tertiary/aromatic N) is 3. The summed E-state index contributed by atoms with van der Waals surface area (Å²) in [4.78, 5) is 110. The molecule has 6 rings (SSSR count). The number of benzene rings is 4. The molecule has 0 saturated heterocycles. The highest BCUT2D eigenvalue weighted by atomic mass is 16.7. The zero-order valence-electron chi connectivity index (χ0n) is 53.0. The largest absolute Gasteiger partial charge is 0.481 e. The first kappa shape index (κ1) is 73.0. The molecule has 2 aliphatic carbocycles. The molecule has 0 aliphatic heterocycles. The standard InChI is InChI=1S/C30H40N2O5.C23H34N2O5.C16H23NO4/c1-22(2)18-27(23(3)32(21-33)36-20-25-14-8-5-9-15-25)29(34)31-28(19-24-12-6-4-7-13-24)30(35)37-26-16-10-11-17-26;1-16(2)13-20(17(3)25(29)15-26)22(27)24-21(14-18-9-5-4-6-10-18)23(28)30-19-11-7-8-12-19;1-12(2)9-15(16(19)20)13(3)17(11-18)21-10-14-7-5-4-6-8-14/h4-9,12-15,21-23,26-28H,10-11,16-20H2,1-3H3,(H,31,34);4-6,9-10,15-17,19-21,29H,7-8,11-14H2,1-3H3,(H,24,27);4-8,11-13,15H,9-10H2,1-3H3,(H,19,20)/t23?,27-,28+;17?,20-,21+;13?,15-/m111/s1. The third-order valence-corrected chi connectivity index (χ3v) is 15.8. The molecule has 0 heterocycles. The Labute approximate surface area is 521 Å². The first-order valence-corrected chi connectivity index (χ1v) is 31.2. The van der Waals surface area contributed by atoms with Crippen LogP contribution in [0.2, 0.25) is 0 Å². The molecule has 2 saturated carbocycles. The van der Waals surface area contributed by atoms with Crippen LogP contribution in [-0.4, -0.2) is 117 Å². The quantitative estimate of drug-likeness (QED) is 0.0147. The SMILES string of the molecule is CC(C)C[C@@H](C(=O)N[C@@H](Cc1ccccc1)C(=O)OC1CCCC1)C(C)N(C=O)OCc1ccccc1.CC(C)C[C@@H](C(=O)N[C@@H](Cc1ccccc1)C(=O)OC1CCCC1)C(C)N(O)C=O.CC(C)C[C@@H](C(=O)O)C(C)N(C=O)OCc1ccccc1. The van der Waals surface area contributed by atoms with Crippen LogP contribution in [0.3, 0.4) is 0 Å². The average Bonchev–Trinajstić information content (AvgIpc) is 4.38. The molecule has 19 nitrogen and oxygen atoms in total. The Morgan fingerprint density at radius 2 is 0.773 bits per heavy atom. The van der Waals surface area contributed by atoms with Crippen molar-refractivity contribution in [3.63, 3.8) is 0 Å². The van der Waals surface area contributed by atoms with E-state index in [0.29, 0.717) is 56.4 Å². The lowest BCUT2D eigenvalue weighted by Crippen LogP contribution is -2.51. The van der Waals surface area contributed by atoms with Crippen LogP contribution in [0.5, 0.6) is 0 Å². The number of nitrogens with one attached hydrogen (secondary N) is 2. The van der Waals surface area contributed by atoms with Gasteiger partial charge >= 0.3 is 17.9 Å². The highest BCUT2D eigenvalue weighted by molar-refractivity contribution is 5.87. The monoisotopic (exact) mass is 1220 g/mol. The average molecular weight is 1220 g/mol. The van der Waals surface area contributed by atoms with E-state index in [0.717, 1.165) is 78.7 Å². The number of ether oxygens (including phenoxy) is 2. The zero-order chi connectivity index (χ0) is 64.5. The number of hydrogen-bond donors (Lipinski definition) is 4. The Morgan fingerprint density at radius 1 is 0.466 bits per heavy atom. The van der Waals surface area contributed by atoms with E-state index >= 15 is 0 Å². The third-order valence-electron chi connectivity index (χ3n) is 15.8. The maximum atomic E-state index is 13.6. The molecule has 4 aromatic carbocycles. The van der Waals surface area contributed by atoms with Crippen molar-refractivity contribution >= 4 is 49.0 Å². The molecule has 0 spiro atoms. The summed E-state index contributed by atoms with van der Waals surface area (Å²) in [5, 5.41) is 27.8. The van der Waals surface area contributed by atoms with Gasteiger partial charge in [0.25, 0.3) is 0 Å². The number of hydrogen-bond acceptors (Lipinski definition) is 13. The second-order valence-corrected chi connectivity index (χ2v) is 24.4. The number of rotatable bonds is 34. The summed E-state index contributed by atoms with van der Waals surface area (Å²) >= 11 is 0. The van der Waals surface area contributed by atoms with E-state index in [1.807, 2.05) is 163 Å². The molecular weight excluding hydrogens is 1120 g/mol. The van der Waals surface area contributed by atoms with Crippen molar-refractivity contribution in [2.24, 2.45) is 35.5 Å². The molecule has 88 heavy (non-hydrogen) atoms. The molecule has 4 N–H and O–H groups in total. The molecule has 0 aromatic heterocycles. The number of esters is 2. The normalized spacial score (nSPS) is 15.9. The summed E-state index contributed by atoms with van der Waals surface area (Å²) in [6.07, 6.45) is 11.0. The number of amides is 5. The smallest absolute Gasteiger partial charge is 0.329 e. The molecule has 482 valence electrons. The van der Waals surface area contributed by atoms with Crippen molar-refractivity contribution in [2.45, 2.75) is 201 Å². The minimum atomic E-state index is -0.911. The summed E-state index contributed by atoms with van der Waals surface area (Å²) in [5.74, 6) is -3.70. The lowest BCUT2D eigenvalue weighted by atomic mass is 9.89. The van der Waals surface area contributed by atoms with Crippen LogP contribution in [0.25, 0.3) is 0 Å². The minimum Gasteiger partial charge on any atom is -0.481 e. The predicted octanol–water partition coefficient (Wildman–Crippen LogP) is 10.7. The number of carboxylic acid groups (broad SMARTS) is 1. The molecular formula is C69H97N5O14. The molecule has 8 atom stereocenters. The number of hydroxylamine groups is 6. The van der Waals surface area contributed by atoms with E-state index in [4.69, 9.17) is 19.1 Å². The summed E-state index contributed by atoms with van der Waals surface area (Å²) in [6, 6.07) is 34.6. The maximum absolute atomic E-state index is 13.6.